The van der Waals surface area contributed by atoms with Gasteiger partial charge in [-0.2, -0.15) is 26.3 Å². The molecule has 0 saturated carbocycles. The molecule has 9 heteroatoms. The van der Waals surface area contributed by atoms with Gasteiger partial charge in [-0.1, -0.05) is 35.7 Å². The van der Waals surface area contributed by atoms with Gasteiger partial charge in [0.05, 0.1) is 0 Å². The molecule has 0 unspecified atom stereocenters. The normalized spacial score (nSPS) is 10.7. The van der Waals surface area contributed by atoms with E-state index >= 15 is 0 Å². The van der Waals surface area contributed by atoms with Crippen LogP contribution in [0.3, 0.4) is 0 Å². The highest BCUT2D eigenvalue weighted by Gasteiger charge is 2.31. The lowest BCUT2D eigenvalue weighted by atomic mass is 10.3. The quantitative estimate of drug-likeness (QED) is 0.313. The SMILES string of the molecule is C=C[Si](C=C)(c1ccc(OC(F)=C(F)F)cc1)c1ccc(OC(F)=C(F)F)cc1. The molecule has 0 atom stereocenters. The van der Waals surface area contributed by atoms with Gasteiger partial charge in [0.2, 0.25) is 0 Å². The third-order valence-corrected chi connectivity index (χ3v) is 7.89. The molecule has 0 fully saturated rings. The summed E-state index contributed by atoms with van der Waals surface area (Å²) in [4.78, 5) is 0. The number of halogens is 6. The smallest absolute Gasteiger partial charge is 0.344 e. The van der Waals surface area contributed by atoms with Crippen molar-refractivity contribution in [1.29, 1.82) is 0 Å². The minimum atomic E-state index is -2.76. The average Bonchev–Trinajstić information content (AvgIpc) is 2.71. The molecule has 0 saturated heterocycles. The molecular formula is C20H14F6O2Si. The summed E-state index contributed by atoms with van der Waals surface area (Å²) in [6, 6.07) is 7.49. The predicted molar refractivity (Wildman–Crippen MR) is 100 cm³/mol. The molecule has 152 valence electrons. The number of rotatable bonds is 8. The summed E-state index contributed by atoms with van der Waals surface area (Å²) in [5.74, 6) is -0.260. The van der Waals surface area contributed by atoms with Crippen LogP contribution in [0.4, 0.5) is 26.3 Å². The maximum atomic E-state index is 12.9. The predicted octanol–water partition coefficient (Wildman–Crippen LogP) is 5.53. The summed E-state index contributed by atoms with van der Waals surface area (Å²) in [6.07, 6.45) is -5.15. The van der Waals surface area contributed by atoms with Crippen molar-refractivity contribution in [2.24, 2.45) is 0 Å². The fraction of sp³-hybridized carbons (Fsp3) is 0. The van der Waals surface area contributed by atoms with Crippen LogP contribution in [-0.2, 0) is 0 Å². The third-order valence-electron chi connectivity index (χ3n) is 4.02. The number of ether oxygens (including phenoxy) is 2. The minimum Gasteiger partial charge on any atom is -0.428 e. The molecule has 29 heavy (non-hydrogen) atoms. The van der Waals surface area contributed by atoms with Crippen molar-refractivity contribution in [2.75, 3.05) is 0 Å². The van der Waals surface area contributed by atoms with Crippen molar-refractivity contribution in [3.8, 4) is 11.5 Å². The van der Waals surface area contributed by atoms with Gasteiger partial charge in [0, 0.05) is 0 Å². The lowest BCUT2D eigenvalue weighted by molar-refractivity contribution is 0.241. The maximum Gasteiger partial charge on any atom is 0.344 e. The van der Waals surface area contributed by atoms with E-state index in [4.69, 9.17) is 0 Å². The van der Waals surface area contributed by atoms with Crippen molar-refractivity contribution in [3.63, 3.8) is 0 Å². The molecule has 0 amide bonds. The zero-order valence-electron chi connectivity index (χ0n) is 14.8. The second-order valence-corrected chi connectivity index (χ2v) is 9.31. The molecule has 0 spiro atoms. The lowest BCUT2D eigenvalue weighted by Gasteiger charge is -2.26. The fourth-order valence-corrected chi connectivity index (χ4v) is 5.48. The van der Waals surface area contributed by atoms with E-state index in [9.17, 15) is 26.3 Å². The summed E-state index contributed by atoms with van der Waals surface area (Å²) in [5, 5.41) is 1.43. The van der Waals surface area contributed by atoms with Gasteiger partial charge in [-0.25, -0.2) is 0 Å². The second kappa shape index (κ2) is 9.33. The van der Waals surface area contributed by atoms with Gasteiger partial charge in [0.25, 0.3) is 0 Å². The van der Waals surface area contributed by atoms with E-state index < -0.39 is 32.3 Å². The fourth-order valence-electron chi connectivity index (χ4n) is 2.60. The Morgan fingerprint density at radius 1 is 0.621 bits per heavy atom. The van der Waals surface area contributed by atoms with E-state index in [1.165, 1.54) is 24.3 Å². The van der Waals surface area contributed by atoms with Crippen LogP contribution in [0.1, 0.15) is 0 Å². The molecule has 0 aliphatic rings. The van der Waals surface area contributed by atoms with Crippen LogP contribution >= 0.6 is 0 Å². The lowest BCUT2D eigenvalue weighted by Crippen LogP contribution is -2.55. The first-order valence-electron chi connectivity index (χ1n) is 7.99. The molecule has 2 aromatic carbocycles. The van der Waals surface area contributed by atoms with E-state index in [-0.39, 0.29) is 11.5 Å². The molecule has 0 aliphatic carbocycles. The Bertz CT molecular complexity index is 864. The van der Waals surface area contributed by atoms with E-state index in [0.717, 1.165) is 10.4 Å². The monoisotopic (exact) mass is 428 g/mol. The summed E-state index contributed by atoms with van der Waals surface area (Å²) >= 11 is 0. The van der Waals surface area contributed by atoms with Crippen LogP contribution in [0.5, 0.6) is 11.5 Å². The van der Waals surface area contributed by atoms with Crippen molar-refractivity contribution >= 4 is 18.4 Å². The summed E-state index contributed by atoms with van der Waals surface area (Å²) < 4.78 is 83.2. The number of benzene rings is 2. The molecule has 0 radical (unpaired) electrons. The summed E-state index contributed by atoms with van der Waals surface area (Å²) in [7, 11) is -2.76. The van der Waals surface area contributed by atoms with Crippen molar-refractivity contribution < 1.29 is 35.8 Å². The second-order valence-electron chi connectivity index (χ2n) is 5.60. The van der Waals surface area contributed by atoms with E-state index in [1.807, 2.05) is 0 Å². The average molecular weight is 428 g/mol. The highest BCUT2D eigenvalue weighted by atomic mass is 28.3. The molecule has 0 heterocycles. The first-order valence-corrected chi connectivity index (χ1v) is 10.1. The molecular weight excluding hydrogens is 414 g/mol. The number of hydrogen-bond acceptors (Lipinski definition) is 2. The Morgan fingerprint density at radius 2 is 0.931 bits per heavy atom. The molecule has 0 bridgehead atoms. The Morgan fingerprint density at radius 3 is 1.17 bits per heavy atom. The van der Waals surface area contributed by atoms with E-state index in [0.29, 0.717) is 0 Å². The van der Waals surface area contributed by atoms with Crippen molar-refractivity contribution in [2.45, 2.75) is 0 Å². The summed E-state index contributed by atoms with van der Waals surface area (Å²) in [6.45, 7) is 7.68. The Kier molecular flexibility index (Phi) is 7.11. The number of hydrogen-bond donors (Lipinski definition) is 0. The zero-order chi connectivity index (χ0) is 21.6. The topological polar surface area (TPSA) is 18.5 Å². The highest BCUT2D eigenvalue weighted by Crippen LogP contribution is 2.21. The van der Waals surface area contributed by atoms with Gasteiger partial charge in [0.1, 0.15) is 11.5 Å². The van der Waals surface area contributed by atoms with Gasteiger partial charge < -0.3 is 9.47 Å². The van der Waals surface area contributed by atoms with Gasteiger partial charge >= 0.3 is 24.2 Å². The third kappa shape index (κ3) is 4.99. The maximum absolute atomic E-state index is 12.9. The van der Waals surface area contributed by atoms with Gasteiger partial charge in [-0.05, 0) is 34.6 Å². The van der Waals surface area contributed by atoms with Crippen LogP contribution in [0, 0.1) is 0 Å². The Hall–Kier alpha value is -3.20. The van der Waals surface area contributed by atoms with Gasteiger partial charge in [-0.15, -0.1) is 13.2 Å². The Labute approximate surface area is 163 Å². The van der Waals surface area contributed by atoms with E-state index in [1.54, 1.807) is 35.7 Å². The molecule has 2 aromatic rings. The first-order chi connectivity index (χ1) is 13.7. The largest absolute Gasteiger partial charge is 0.428 e. The van der Waals surface area contributed by atoms with Crippen LogP contribution in [0.2, 0.25) is 0 Å². The van der Waals surface area contributed by atoms with Gasteiger partial charge in [0.15, 0.2) is 8.07 Å². The van der Waals surface area contributed by atoms with E-state index in [2.05, 4.69) is 22.6 Å². The summed E-state index contributed by atoms with van der Waals surface area (Å²) in [5.41, 5.74) is 3.35. The standard InChI is InChI=1S/C20H14F6O2Si/c1-3-29(4-2,15-9-5-13(6-10-15)27-19(25)17(21)22)16-11-7-14(8-12-16)28-20(26)18(23)24/h3-12H,1-2H2. The first kappa shape index (κ1) is 22.1. The molecule has 0 aromatic heterocycles. The van der Waals surface area contributed by atoms with Gasteiger partial charge in [-0.3, -0.25) is 0 Å². The van der Waals surface area contributed by atoms with Crippen molar-refractivity contribution in [3.05, 3.63) is 97.3 Å². The van der Waals surface area contributed by atoms with Crippen LogP contribution in [0.25, 0.3) is 0 Å². The highest BCUT2D eigenvalue weighted by molar-refractivity contribution is 7.09. The molecule has 2 nitrogen and oxygen atoms in total. The van der Waals surface area contributed by atoms with Crippen LogP contribution in [0.15, 0.2) is 97.3 Å². The van der Waals surface area contributed by atoms with Crippen molar-refractivity contribution in [1.82, 2.24) is 0 Å². The molecule has 0 aliphatic heterocycles. The van der Waals surface area contributed by atoms with Crippen LogP contribution < -0.4 is 19.8 Å². The Balaban J connectivity index is 2.36. The van der Waals surface area contributed by atoms with Crippen LogP contribution in [-0.4, -0.2) is 8.07 Å². The molecule has 2 rings (SSSR count). The minimum absolute atomic E-state index is 0.130. The zero-order valence-corrected chi connectivity index (χ0v) is 15.8. The molecule has 0 N–H and O–H groups in total.